The molecule has 1 saturated heterocycles. The Balaban J connectivity index is 1.62. The summed E-state index contributed by atoms with van der Waals surface area (Å²) in [6, 6.07) is 5.46. The highest BCUT2D eigenvalue weighted by Gasteiger charge is 2.21. The minimum atomic E-state index is -0.265. The van der Waals surface area contributed by atoms with Gasteiger partial charge in [0.25, 0.3) is 11.8 Å². The predicted molar refractivity (Wildman–Crippen MR) is 104 cm³/mol. The fourth-order valence-electron chi connectivity index (χ4n) is 2.77. The van der Waals surface area contributed by atoms with Gasteiger partial charge >= 0.3 is 0 Å². The van der Waals surface area contributed by atoms with Crippen LogP contribution >= 0.6 is 11.3 Å². The van der Waals surface area contributed by atoms with Gasteiger partial charge in [0.15, 0.2) is 5.13 Å². The third kappa shape index (κ3) is 5.23. The summed E-state index contributed by atoms with van der Waals surface area (Å²) in [5.41, 5.74) is 1.40. The van der Waals surface area contributed by atoms with Crippen LogP contribution in [0.15, 0.2) is 18.2 Å². The molecule has 9 heteroatoms. The minimum absolute atomic E-state index is 0.0375. The van der Waals surface area contributed by atoms with Gasteiger partial charge in [-0.05, 0) is 25.2 Å². The molecule has 0 saturated carbocycles. The number of aromatic nitrogens is 1. The number of rotatable bonds is 7. The molecular formula is C18H24N4O4S. The minimum Gasteiger partial charge on any atom is -0.382 e. The van der Waals surface area contributed by atoms with E-state index < -0.39 is 0 Å². The molecule has 2 aromatic rings. The number of benzene rings is 1. The molecule has 1 aliphatic heterocycles. The number of nitrogens with zero attached hydrogens (tertiary/aromatic N) is 3. The summed E-state index contributed by atoms with van der Waals surface area (Å²) in [4.78, 5) is 33.1. The van der Waals surface area contributed by atoms with Crippen molar-refractivity contribution in [2.45, 2.75) is 0 Å². The van der Waals surface area contributed by atoms with E-state index in [9.17, 15) is 9.59 Å². The second kappa shape index (κ2) is 9.23. The molecule has 0 bridgehead atoms. The van der Waals surface area contributed by atoms with Crippen molar-refractivity contribution in [1.29, 1.82) is 0 Å². The van der Waals surface area contributed by atoms with Crippen LogP contribution in [-0.4, -0.2) is 86.8 Å². The number of likely N-dealkylation sites (N-methyl/N-ethyl adjacent to an activating group) is 1. The molecule has 1 aromatic heterocycles. The van der Waals surface area contributed by atoms with Gasteiger partial charge in [-0.3, -0.25) is 14.9 Å². The van der Waals surface area contributed by atoms with E-state index in [0.717, 1.165) is 36.4 Å². The summed E-state index contributed by atoms with van der Waals surface area (Å²) in [7, 11) is 3.64. The average Bonchev–Trinajstić information content (AvgIpc) is 3.06. The van der Waals surface area contributed by atoms with Crippen molar-refractivity contribution in [3.63, 3.8) is 0 Å². The van der Waals surface area contributed by atoms with E-state index in [1.807, 2.05) is 17.0 Å². The smallest absolute Gasteiger partial charge is 0.253 e. The van der Waals surface area contributed by atoms with E-state index in [4.69, 9.17) is 9.47 Å². The highest BCUT2D eigenvalue weighted by molar-refractivity contribution is 7.22. The lowest BCUT2D eigenvalue weighted by atomic mass is 10.1. The molecule has 1 aliphatic rings. The Morgan fingerprint density at radius 1 is 1.22 bits per heavy atom. The van der Waals surface area contributed by atoms with E-state index in [1.54, 1.807) is 13.2 Å². The Bertz CT molecular complexity index is 802. The van der Waals surface area contributed by atoms with Gasteiger partial charge in [0.05, 0.1) is 23.4 Å². The monoisotopic (exact) mass is 392 g/mol. The van der Waals surface area contributed by atoms with Crippen molar-refractivity contribution in [3.05, 3.63) is 23.8 Å². The second-order valence-corrected chi connectivity index (χ2v) is 7.42. The van der Waals surface area contributed by atoms with Gasteiger partial charge in [-0.25, -0.2) is 4.98 Å². The van der Waals surface area contributed by atoms with Crippen LogP contribution in [-0.2, 0) is 14.3 Å². The van der Waals surface area contributed by atoms with Crippen LogP contribution < -0.4 is 5.32 Å². The number of piperazine rings is 1. The van der Waals surface area contributed by atoms with E-state index >= 15 is 0 Å². The van der Waals surface area contributed by atoms with Gasteiger partial charge in [-0.2, -0.15) is 0 Å². The van der Waals surface area contributed by atoms with E-state index in [-0.39, 0.29) is 18.4 Å². The number of amides is 2. The van der Waals surface area contributed by atoms with Crippen molar-refractivity contribution in [1.82, 2.24) is 14.8 Å². The van der Waals surface area contributed by atoms with Crippen molar-refractivity contribution >= 4 is 38.5 Å². The molecule has 0 unspecified atom stereocenters. The van der Waals surface area contributed by atoms with Gasteiger partial charge in [-0.1, -0.05) is 11.3 Å². The molecule has 1 N–H and O–H groups in total. The standard InChI is InChI=1S/C18H24N4O4S/c1-21-5-7-22(8-6-21)17(24)13-3-4-14-15(11-13)27-18(19-14)20-16(23)12-26-10-9-25-2/h3-4,11H,5-10,12H2,1-2H3,(H,19,20,23). The number of methoxy groups -OCH3 is 1. The quantitative estimate of drug-likeness (QED) is 0.715. The van der Waals surface area contributed by atoms with Crippen LogP contribution in [0.3, 0.4) is 0 Å². The summed E-state index contributed by atoms with van der Waals surface area (Å²) in [6.45, 7) is 4.00. The fraction of sp³-hybridized carbons (Fsp3) is 0.500. The molecule has 27 heavy (non-hydrogen) atoms. The first-order valence-corrected chi connectivity index (χ1v) is 9.63. The topological polar surface area (TPSA) is 84.0 Å². The van der Waals surface area contributed by atoms with Gasteiger partial charge in [-0.15, -0.1) is 0 Å². The molecule has 8 nitrogen and oxygen atoms in total. The number of fused-ring (bicyclic) bond motifs is 1. The Labute approximate surface area is 162 Å². The lowest BCUT2D eigenvalue weighted by Gasteiger charge is -2.32. The van der Waals surface area contributed by atoms with Crippen molar-refractivity contribution in [2.75, 3.05) is 65.5 Å². The van der Waals surface area contributed by atoms with Crippen LogP contribution in [0.1, 0.15) is 10.4 Å². The Kier molecular flexibility index (Phi) is 6.73. The number of hydrogen-bond donors (Lipinski definition) is 1. The first-order valence-electron chi connectivity index (χ1n) is 8.82. The normalized spacial score (nSPS) is 15.3. The maximum atomic E-state index is 12.7. The molecule has 2 heterocycles. The molecule has 0 spiro atoms. The number of anilines is 1. The van der Waals surface area contributed by atoms with E-state index in [1.165, 1.54) is 11.3 Å². The Morgan fingerprint density at radius 2 is 2.00 bits per heavy atom. The van der Waals surface area contributed by atoms with Gasteiger partial charge in [0, 0.05) is 38.9 Å². The zero-order valence-electron chi connectivity index (χ0n) is 15.6. The number of carbonyl (C=O) groups excluding carboxylic acids is 2. The largest absolute Gasteiger partial charge is 0.382 e. The lowest BCUT2D eigenvalue weighted by Crippen LogP contribution is -2.47. The van der Waals surface area contributed by atoms with Crippen LogP contribution in [0, 0.1) is 0 Å². The summed E-state index contributed by atoms with van der Waals surface area (Å²) in [5, 5.41) is 3.22. The molecule has 1 aromatic carbocycles. The lowest BCUT2D eigenvalue weighted by molar-refractivity contribution is -0.121. The molecule has 0 atom stereocenters. The number of ether oxygens (including phenoxy) is 2. The van der Waals surface area contributed by atoms with E-state index in [0.29, 0.717) is 23.9 Å². The number of nitrogens with one attached hydrogen (secondary N) is 1. The predicted octanol–water partition coefficient (Wildman–Crippen LogP) is 1.29. The Morgan fingerprint density at radius 3 is 2.74 bits per heavy atom. The van der Waals surface area contributed by atoms with Crippen LogP contribution in [0.5, 0.6) is 0 Å². The maximum absolute atomic E-state index is 12.7. The highest BCUT2D eigenvalue weighted by Crippen LogP contribution is 2.27. The molecule has 1 fully saturated rings. The molecular weight excluding hydrogens is 368 g/mol. The van der Waals surface area contributed by atoms with E-state index in [2.05, 4.69) is 22.2 Å². The van der Waals surface area contributed by atoms with Crippen molar-refractivity contribution in [2.24, 2.45) is 0 Å². The number of hydrogen-bond acceptors (Lipinski definition) is 7. The summed E-state index contributed by atoms with van der Waals surface area (Å²) in [6.07, 6.45) is 0. The third-order valence-corrected chi connectivity index (χ3v) is 5.27. The van der Waals surface area contributed by atoms with Crippen molar-refractivity contribution in [3.8, 4) is 0 Å². The first kappa shape index (κ1) is 19.7. The zero-order valence-corrected chi connectivity index (χ0v) is 16.4. The number of carbonyl (C=O) groups is 2. The third-order valence-electron chi connectivity index (χ3n) is 4.34. The second-order valence-electron chi connectivity index (χ2n) is 6.39. The summed E-state index contributed by atoms with van der Waals surface area (Å²) < 4.78 is 10.9. The van der Waals surface area contributed by atoms with Crippen LogP contribution in [0.25, 0.3) is 10.2 Å². The van der Waals surface area contributed by atoms with Crippen LogP contribution in [0.2, 0.25) is 0 Å². The fourth-order valence-corrected chi connectivity index (χ4v) is 3.69. The zero-order chi connectivity index (χ0) is 19.2. The van der Waals surface area contributed by atoms with Gasteiger partial charge in [0.2, 0.25) is 0 Å². The molecule has 2 amide bonds. The van der Waals surface area contributed by atoms with Crippen LogP contribution in [0.4, 0.5) is 5.13 Å². The number of thiazole rings is 1. The highest BCUT2D eigenvalue weighted by atomic mass is 32.1. The molecule has 3 rings (SSSR count). The Hall–Kier alpha value is -2.07. The SMILES string of the molecule is COCCOCC(=O)Nc1nc2ccc(C(=O)N3CCN(C)CC3)cc2s1. The summed E-state index contributed by atoms with van der Waals surface area (Å²) in [5.74, 6) is -0.227. The van der Waals surface area contributed by atoms with Crippen molar-refractivity contribution < 1.29 is 19.1 Å². The summed E-state index contributed by atoms with van der Waals surface area (Å²) >= 11 is 1.35. The van der Waals surface area contributed by atoms with Gasteiger partial charge < -0.3 is 19.3 Å². The average molecular weight is 392 g/mol. The first-order chi connectivity index (χ1) is 13.1. The molecule has 0 aliphatic carbocycles. The van der Waals surface area contributed by atoms with Gasteiger partial charge in [0.1, 0.15) is 6.61 Å². The maximum Gasteiger partial charge on any atom is 0.253 e. The molecule has 0 radical (unpaired) electrons. The molecule has 146 valence electrons.